The normalized spacial score (nSPS) is 11.8. The van der Waals surface area contributed by atoms with Crippen molar-refractivity contribution in [3.05, 3.63) is 29.8 Å². The Balaban J connectivity index is 2.44. The quantitative estimate of drug-likeness (QED) is 0.756. The lowest BCUT2D eigenvalue weighted by atomic mass is 10.1. The summed E-state index contributed by atoms with van der Waals surface area (Å²) in [7, 11) is 5.26. The largest absolute Gasteiger partial charge is 0.344 e. The molecule has 1 atom stereocenters. The second-order valence-corrected chi connectivity index (χ2v) is 5.20. The van der Waals surface area contributed by atoms with Crippen LogP contribution in [0.15, 0.2) is 24.3 Å². The van der Waals surface area contributed by atoms with Crippen molar-refractivity contribution in [1.82, 2.24) is 4.90 Å². The van der Waals surface area contributed by atoms with Gasteiger partial charge in [0, 0.05) is 19.8 Å². The van der Waals surface area contributed by atoms with Crippen LogP contribution >= 0.6 is 0 Å². The predicted octanol–water partition coefficient (Wildman–Crippen LogP) is -0.210. The van der Waals surface area contributed by atoms with Gasteiger partial charge >= 0.3 is 0 Å². The number of benzene rings is 1. The monoisotopic (exact) mass is 278 g/mol. The maximum absolute atomic E-state index is 11.9. The summed E-state index contributed by atoms with van der Waals surface area (Å²) in [6, 6.07) is 7.80. The topological polar surface area (TPSA) is 53.9 Å². The van der Waals surface area contributed by atoms with Crippen LogP contribution in [0.1, 0.15) is 12.5 Å². The zero-order chi connectivity index (χ0) is 15.1. The summed E-state index contributed by atoms with van der Waals surface area (Å²) in [6.45, 7) is 2.68. The number of hydrogen-bond acceptors (Lipinski definition) is 2. The molecule has 0 saturated heterocycles. The van der Waals surface area contributed by atoms with Gasteiger partial charge in [-0.15, -0.1) is 0 Å². The van der Waals surface area contributed by atoms with Crippen molar-refractivity contribution >= 4 is 17.5 Å². The Kier molecular flexibility index (Phi) is 6.18. The van der Waals surface area contributed by atoms with Crippen LogP contribution in [0, 0.1) is 0 Å². The SMILES string of the molecule is CCc1ccc(NC(=O)C[NH+](C)CC(=O)N(C)C)cc1. The highest BCUT2D eigenvalue weighted by Gasteiger charge is 2.15. The van der Waals surface area contributed by atoms with Crippen molar-refractivity contribution in [2.75, 3.05) is 39.5 Å². The lowest BCUT2D eigenvalue weighted by molar-refractivity contribution is -0.862. The van der Waals surface area contributed by atoms with E-state index in [1.807, 2.05) is 31.3 Å². The van der Waals surface area contributed by atoms with E-state index in [2.05, 4.69) is 12.2 Å². The van der Waals surface area contributed by atoms with E-state index in [-0.39, 0.29) is 18.4 Å². The van der Waals surface area contributed by atoms with Gasteiger partial charge < -0.3 is 15.1 Å². The third-order valence-corrected chi connectivity index (χ3v) is 3.06. The van der Waals surface area contributed by atoms with Gasteiger partial charge in [0.1, 0.15) is 0 Å². The Morgan fingerprint density at radius 2 is 1.75 bits per heavy atom. The molecule has 0 aliphatic carbocycles. The van der Waals surface area contributed by atoms with E-state index >= 15 is 0 Å². The number of amides is 2. The van der Waals surface area contributed by atoms with Crippen molar-refractivity contribution in [1.29, 1.82) is 0 Å². The molecule has 2 N–H and O–H groups in total. The molecule has 0 spiro atoms. The van der Waals surface area contributed by atoms with Gasteiger partial charge in [0.05, 0.1) is 7.05 Å². The number of carbonyl (C=O) groups excluding carboxylic acids is 2. The fourth-order valence-electron chi connectivity index (χ4n) is 1.78. The minimum Gasteiger partial charge on any atom is -0.344 e. The molecule has 1 rings (SSSR count). The van der Waals surface area contributed by atoms with Gasteiger partial charge in [-0.05, 0) is 24.1 Å². The maximum atomic E-state index is 11.9. The number of nitrogens with zero attached hydrogens (tertiary/aromatic N) is 1. The molecule has 0 radical (unpaired) electrons. The molecular weight excluding hydrogens is 254 g/mol. The first-order valence-corrected chi connectivity index (χ1v) is 6.82. The summed E-state index contributed by atoms with van der Waals surface area (Å²) in [4.78, 5) is 25.8. The van der Waals surface area contributed by atoms with Crippen LogP contribution in [0.2, 0.25) is 0 Å². The molecule has 0 bridgehead atoms. The Morgan fingerprint density at radius 1 is 1.15 bits per heavy atom. The van der Waals surface area contributed by atoms with Crippen LogP contribution in [-0.4, -0.2) is 50.9 Å². The van der Waals surface area contributed by atoms with Gasteiger partial charge in [0.15, 0.2) is 13.1 Å². The average Bonchev–Trinajstić information content (AvgIpc) is 2.39. The van der Waals surface area contributed by atoms with Gasteiger partial charge in [0.25, 0.3) is 11.8 Å². The Morgan fingerprint density at radius 3 is 2.25 bits per heavy atom. The molecule has 1 unspecified atom stereocenters. The lowest BCUT2D eigenvalue weighted by Gasteiger charge is -2.16. The molecule has 0 saturated carbocycles. The fraction of sp³-hybridized carbons (Fsp3) is 0.467. The first-order chi connectivity index (χ1) is 9.42. The van der Waals surface area contributed by atoms with Gasteiger partial charge in [-0.3, -0.25) is 9.59 Å². The number of hydrogen-bond donors (Lipinski definition) is 2. The number of quaternary nitrogens is 1. The highest BCUT2D eigenvalue weighted by molar-refractivity contribution is 5.91. The van der Waals surface area contributed by atoms with E-state index in [0.29, 0.717) is 6.54 Å². The minimum absolute atomic E-state index is 0.0163. The smallest absolute Gasteiger partial charge is 0.279 e. The van der Waals surface area contributed by atoms with Crippen LogP contribution in [0.25, 0.3) is 0 Å². The van der Waals surface area contributed by atoms with Crippen LogP contribution in [-0.2, 0) is 16.0 Å². The molecule has 1 aromatic rings. The van der Waals surface area contributed by atoms with Gasteiger partial charge in [-0.25, -0.2) is 0 Å². The molecule has 0 fully saturated rings. The molecule has 20 heavy (non-hydrogen) atoms. The van der Waals surface area contributed by atoms with Gasteiger partial charge in [-0.2, -0.15) is 0 Å². The number of rotatable bonds is 6. The van der Waals surface area contributed by atoms with E-state index in [9.17, 15) is 9.59 Å². The molecular formula is C15H24N3O2+. The van der Waals surface area contributed by atoms with Crippen molar-refractivity contribution in [2.24, 2.45) is 0 Å². The summed E-state index contributed by atoms with van der Waals surface area (Å²) in [5.41, 5.74) is 2.03. The standard InChI is InChI=1S/C15H23N3O2/c1-5-12-6-8-13(9-7-12)16-14(19)10-18(4)11-15(20)17(2)3/h6-9H,5,10-11H2,1-4H3,(H,16,19)/p+1. The van der Waals surface area contributed by atoms with Gasteiger partial charge in [0.2, 0.25) is 0 Å². The highest BCUT2D eigenvalue weighted by Crippen LogP contribution is 2.09. The second-order valence-electron chi connectivity index (χ2n) is 5.20. The molecule has 110 valence electrons. The lowest BCUT2D eigenvalue weighted by Crippen LogP contribution is -3.11. The van der Waals surface area contributed by atoms with Crippen LogP contribution in [0.4, 0.5) is 5.69 Å². The Labute approximate surface area is 120 Å². The fourth-order valence-corrected chi connectivity index (χ4v) is 1.78. The van der Waals surface area contributed by atoms with Crippen molar-refractivity contribution in [3.8, 4) is 0 Å². The van der Waals surface area contributed by atoms with E-state index in [4.69, 9.17) is 0 Å². The van der Waals surface area contributed by atoms with E-state index in [1.54, 1.807) is 14.1 Å². The van der Waals surface area contributed by atoms with E-state index < -0.39 is 0 Å². The molecule has 1 aromatic carbocycles. The first kappa shape index (κ1) is 16.2. The Hall–Kier alpha value is -1.88. The third kappa shape index (κ3) is 5.40. The summed E-state index contributed by atoms with van der Waals surface area (Å²) < 4.78 is 0. The number of likely N-dealkylation sites (N-methyl/N-ethyl adjacent to an activating group) is 2. The summed E-state index contributed by atoms with van der Waals surface area (Å²) in [5.74, 6) is -0.0686. The maximum Gasteiger partial charge on any atom is 0.279 e. The van der Waals surface area contributed by atoms with E-state index in [0.717, 1.165) is 17.0 Å². The molecule has 5 heteroatoms. The number of carbonyl (C=O) groups is 2. The molecule has 2 amide bonds. The predicted molar refractivity (Wildman–Crippen MR) is 79.8 cm³/mol. The van der Waals surface area contributed by atoms with E-state index in [1.165, 1.54) is 10.5 Å². The molecule has 0 aliphatic heterocycles. The second kappa shape index (κ2) is 7.65. The summed E-state index contributed by atoms with van der Waals surface area (Å²) in [6.07, 6.45) is 0.980. The van der Waals surface area contributed by atoms with Crippen molar-refractivity contribution in [3.63, 3.8) is 0 Å². The highest BCUT2D eigenvalue weighted by atomic mass is 16.2. The van der Waals surface area contributed by atoms with Crippen LogP contribution < -0.4 is 10.2 Å². The van der Waals surface area contributed by atoms with Crippen LogP contribution in [0.3, 0.4) is 0 Å². The first-order valence-electron chi connectivity index (χ1n) is 6.82. The zero-order valence-electron chi connectivity index (χ0n) is 12.7. The van der Waals surface area contributed by atoms with Gasteiger partial charge in [-0.1, -0.05) is 19.1 Å². The third-order valence-electron chi connectivity index (χ3n) is 3.06. The zero-order valence-corrected chi connectivity index (χ0v) is 12.7. The molecule has 0 heterocycles. The molecule has 0 aliphatic rings. The molecule has 5 nitrogen and oxygen atoms in total. The Bertz CT molecular complexity index is 455. The summed E-state index contributed by atoms with van der Waals surface area (Å²) in [5, 5.41) is 2.84. The number of anilines is 1. The van der Waals surface area contributed by atoms with Crippen molar-refractivity contribution < 1.29 is 14.5 Å². The number of aryl methyl sites for hydroxylation is 1. The molecule has 0 aromatic heterocycles. The average molecular weight is 278 g/mol. The van der Waals surface area contributed by atoms with Crippen molar-refractivity contribution in [2.45, 2.75) is 13.3 Å². The summed E-state index contributed by atoms with van der Waals surface area (Å²) >= 11 is 0. The van der Waals surface area contributed by atoms with Crippen LogP contribution in [0.5, 0.6) is 0 Å². The minimum atomic E-state index is -0.0849. The number of nitrogens with one attached hydrogen (secondary N) is 2.